The number of carbonyl (C=O) groups excluding carboxylic acids is 1. The number of anilines is 1. The maximum atomic E-state index is 14.1. The molecule has 1 saturated heterocycles. The van der Waals surface area contributed by atoms with Crippen LogP contribution in [-0.2, 0) is 0 Å². The second-order valence-corrected chi connectivity index (χ2v) is 8.06. The Balaban J connectivity index is 1.24. The van der Waals surface area contributed by atoms with Crippen LogP contribution in [0.25, 0.3) is 22.5 Å². The highest BCUT2D eigenvalue weighted by molar-refractivity contribution is 5.93. The molecule has 4 aromatic rings. The quantitative estimate of drug-likeness (QED) is 0.472. The normalized spacial score (nSPS) is 13.7. The van der Waals surface area contributed by atoms with E-state index in [4.69, 9.17) is 4.74 Å². The van der Waals surface area contributed by atoms with Crippen LogP contribution < -0.4 is 9.64 Å². The van der Waals surface area contributed by atoms with Crippen molar-refractivity contribution in [3.8, 4) is 28.3 Å². The molecule has 3 heterocycles. The molecule has 2 aromatic carbocycles. The molecule has 0 atom stereocenters. The average Bonchev–Trinajstić information content (AvgIpc) is 3.38. The molecule has 5 rings (SSSR count). The molecule has 8 nitrogen and oxygen atoms in total. The smallest absolute Gasteiger partial charge is 0.272 e. The highest BCUT2D eigenvalue weighted by Gasteiger charge is 2.25. The van der Waals surface area contributed by atoms with E-state index in [2.05, 4.69) is 25.1 Å². The van der Waals surface area contributed by atoms with E-state index in [0.717, 1.165) is 35.0 Å². The van der Waals surface area contributed by atoms with Gasteiger partial charge >= 0.3 is 0 Å². The molecular weight excluding hydrogens is 454 g/mol. The third-order valence-corrected chi connectivity index (χ3v) is 5.94. The minimum Gasteiger partial charge on any atom is -0.497 e. The van der Waals surface area contributed by atoms with Gasteiger partial charge in [0.2, 0.25) is 0 Å². The van der Waals surface area contributed by atoms with Crippen LogP contribution >= 0.6 is 0 Å². The van der Waals surface area contributed by atoms with Gasteiger partial charge in [0, 0.05) is 49.4 Å². The van der Waals surface area contributed by atoms with Gasteiger partial charge in [-0.25, -0.2) is 18.7 Å². The number of ether oxygens (including phenoxy) is 1. The zero-order chi connectivity index (χ0) is 24.4. The number of hydrogen-bond donors (Lipinski definition) is 1. The second-order valence-electron chi connectivity index (χ2n) is 8.06. The van der Waals surface area contributed by atoms with Gasteiger partial charge in [0.25, 0.3) is 5.91 Å². The predicted octanol–water partition coefficient (Wildman–Crippen LogP) is 3.78. The van der Waals surface area contributed by atoms with Crippen molar-refractivity contribution in [1.29, 1.82) is 0 Å². The number of halogens is 2. The van der Waals surface area contributed by atoms with Crippen LogP contribution in [0.2, 0.25) is 0 Å². The van der Waals surface area contributed by atoms with Gasteiger partial charge in [0.15, 0.2) is 0 Å². The Morgan fingerprint density at radius 3 is 2.43 bits per heavy atom. The van der Waals surface area contributed by atoms with Gasteiger partial charge in [0.1, 0.15) is 35.2 Å². The van der Waals surface area contributed by atoms with Gasteiger partial charge in [0.05, 0.1) is 18.5 Å². The Morgan fingerprint density at radius 1 is 0.943 bits per heavy atom. The Labute approximate surface area is 200 Å². The van der Waals surface area contributed by atoms with Crippen molar-refractivity contribution < 1.29 is 18.3 Å². The van der Waals surface area contributed by atoms with Gasteiger partial charge in [-0.15, -0.1) is 0 Å². The molecule has 0 bridgehead atoms. The van der Waals surface area contributed by atoms with Crippen molar-refractivity contribution in [2.45, 2.75) is 0 Å². The molecule has 178 valence electrons. The lowest BCUT2D eigenvalue weighted by molar-refractivity contribution is 0.0740. The molecule has 0 unspecified atom stereocenters. The molecule has 0 aliphatic carbocycles. The van der Waals surface area contributed by atoms with Crippen LogP contribution in [0, 0.1) is 11.6 Å². The summed E-state index contributed by atoms with van der Waals surface area (Å²) >= 11 is 0. The molecule has 2 aromatic heterocycles. The SMILES string of the molecule is COc1ccc(-c2cc(N3CCN(C(=O)c4cc(-c5ccc(F)cc5F)n[nH]4)CC3)ncn2)cc1. The minimum atomic E-state index is -0.733. The molecule has 1 aliphatic heterocycles. The van der Waals surface area contributed by atoms with Crippen LogP contribution in [0.4, 0.5) is 14.6 Å². The van der Waals surface area contributed by atoms with Crippen molar-refractivity contribution in [2.24, 2.45) is 0 Å². The fourth-order valence-corrected chi connectivity index (χ4v) is 4.02. The number of piperazine rings is 1. The van der Waals surface area contributed by atoms with Crippen molar-refractivity contribution in [3.05, 3.63) is 78.3 Å². The number of nitrogens with one attached hydrogen (secondary N) is 1. The summed E-state index contributed by atoms with van der Waals surface area (Å²) in [5, 5.41) is 6.71. The maximum Gasteiger partial charge on any atom is 0.272 e. The number of hydrogen-bond acceptors (Lipinski definition) is 6. The summed E-state index contributed by atoms with van der Waals surface area (Å²) < 4.78 is 32.5. The fourth-order valence-electron chi connectivity index (χ4n) is 4.02. The molecule has 0 saturated carbocycles. The van der Waals surface area contributed by atoms with Gasteiger partial charge in [-0.1, -0.05) is 0 Å². The first-order valence-electron chi connectivity index (χ1n) is 11.0. The van der Waals surface area contributed by atoms with Crippen molar-refractivity contribution in [3.63, 3.8) is 0 Å². The summed E-state index contributed by atoms with van der Waals surface area (Å²) in [7, 11) is 1.62. The van der Waals surface area contributed by atoms with Crippen LogP contribution in [0.15, 0.2) is 60.9 Å². The Bertz CT molecular complexity index is 1350. The fraction of sp³-hybridized carbons (Fsp3) is 0.200. The molecule has 10 heteroatoms. The van der Waals surface area contributed by atoms with Gasteiger partial charge in [-0.05, 0) is 42.5 Å². The second kappa shape index (κ2) is 9.49. The van der Waals surface area contributed by atoms with Crippen molar-refractivity contribution >= 4 is 11.7 Å². The molecule has 0 radical (unpaired) electrons. The number of aromatic amines is 1. The van der Waals surface area contributed by atoms with E-state index >= 15 is 0 Å². The van der Waals surface area contributed by atoms with E-state index in [1.165, 1.54) is 18.5 Å². The van der Waals surface area contributed by atoms with Crippen LogP contribution in [-0.4, -0.2) is 64.3 Å². The van der Waals surface area contributed by atoms with Crippen LogP contribution in [0.1, 0.15) is 10.5 Å². The van der Waals surface area contributed by atoms with Gasteiger partial charge in [-0.2, -0.15) is 5.10 Å². The summed E-state index contributed by atoms with van der Waals surface area (Å²) in [5.41, 5.74) is 2.38. The number of H-pyrrole nitrogens is 1. The van der Waals surface area contributed by atoms with E-state index in [1.807, 2.05) is 30.3 Å². The summed E-state index contributed by atoms with van der Waals surface area (Å²) in [6.07, 6.45) is 1.53. The summed E-state index contributed by atoms with van der Waals surface area (Å²) in [6.45, 7) is 2.16. The van der Waals surface area contributed by atoms with E-state index < -0.39 is 11.6 Å². The summed E-state index contributed by atoms with van der Waals surface area (Å²) in [6, 6.07) is 14.3. The highest BCUT2D eigenvalue weighted by atomic mass is 19.1. The summed E-state index contributed by atoms with van der Waals surface area (Å²) in [4.78, 5) is 25.6. The first-order chi connectivity index (χ1) is 17.0. The van der Waals surface area contributed by atoms with Crippen LogP contribution in [0.3, 0.4) is 0 Å². The number of nitrogens with zero attached hydrogens (tertiary/aromatic N) is 5. The predicted molar refractivity (Wildman–Crippen MR) is 126 cm³/mol. The molecular formula is C25H22F2N6O2. The zero-order valence-electron chi connectivity index (χ0n) is 18.9. The number of aromatic nitrogens is 4. The Hall–Kier alpha value is -4.34. The van der Waals surface area contributed by atoms with Crippen molar-refractivity contribution in [2.75, 3.05) is 38.2 Å². The van der Waals surface area contributed by atoms with Gasteiger partial charge < -0.3 is 14.5 Å². The topological polar surface area (TPSA) is 87.2 Å². The third kappa shape index (κ3) is 4.68. The molecule has 0 spiro atoms. The third-order valence-electron chi connectivity index (χ3n) is 5.94. The van der Waals surface area contributed by atoms with E-state index in [1.54, 1.807) is 12.0 Å². The lowest BCUT2D eigenvalue weighted by Crippen LogP contribution is -2.49. The standard InChI is InChI=1S/C25H22F2N6O2/c1-35-18-5-2-16(3-6-18)21-14-24(29-15-28-21)32-8-10-33(11-9-32)25(34)23-13-22(30-31-23)19-7-4-17(26)12-20(19)27/h2-7,12-15H,8-11H2,1H3,(H,30,31). The minimum absolute atomic E-state index is 0.128. The lowest BCUT2D eigenvalue weighted by atomic mass is 10.1. The first-order valence-corrected chi connectivity index (χ1v) is 11.0. The molecule has 1 aliphatic rings. The summed E-state index contributed by atoms with van der Waals surface area (Å²) in [5.74, 6) is -0.0733. The number of carbonyl (C=O) groups is 1. The lowest BCUT2D eigenvalue weighted by Gasteiger charge is -2.35. The number of rotatable bonds is 5. The molecule has 1 amide bonds. The molecule has 1 fully saturated rings. The van der Waals surface area contributed by atoms with E-state index in [9.17, 15) is 13.6 Å². The number of amides is 1. The van der Waals surface area contributed by atoms with Gasteiger partial charge in [-0.3, -0.25) is 9.89 Å². The molecule has 1 N–H and O–H groups in total. The van der Waals surface area contributed by atoms with E-state index in [-0.39, 0.29) is 22.9 Å². The molecule has 35 heavy (non-hydrogen) atoms. The Kier molecular flexibility index (Phi) is 6.09. The van der Waals surface area contributed by atoms with Crippen molar-refractivity contribution in [1.82, 2.24) is 25.1 Å². The number of benzene rings is 2. The monoisotopic (exact) mass is 476 g/mol. The van der Waals surface area contributed by atoms with E-state index in [0.29, 0.717) is 26.2 Å². The maximum absolute atomic E-state index is 14.1. The largest absolute Gasteiger partial charge is 0.497 e. The average molecular weight is 476 g/mol. The Morgan fingerprint density at radius 2 is 1.71 bits per heavy atom. The zero-order valence-corrected chi connectivity index (χ0v) is 18.9. The van der Waals surface area contributed by atoms with Crippen LogP contribution in [0.5, 0.6) is 5.75 Å². The number of methoxy groups -OCH3 is 1. The highest BCUT2D eigenvalue weighted by Crippen LogP contribution is 2.25. The first kappa shape index (κ1) is 22.5.